The maximum atomic E-state index is 11.7. The fraction of sp³-hybridized carbons (Fsp3) is 0.583. The smallest absolute Gasteiger partial charge is 0.326 e. The van der Waals surface area contributed by atoms with Crippen LogP contribution in [0.5, 0.6) is 0 Å². The fourth-order valence-corrected chi connectivity index (χ4v) is 1.91. The molecule has 106 valence electrons. The number of carbonyl (C=O) groups excluding carboxylic acids is 1. The van der Waals surface area contributed by atoms with Crippen LogP contribution in [0.1, 0.15) is 37.7 Å². The summed E-state index contributed by atoms with van der Waals surface area (Å²) in [5, 5.41) is 12.5. The molecule has 0 fully saturated rings. The van der Waals surface area contributed by atoms with Gasteiger partial charge in [-0.25, -0.2) is 4.79 Å². The van der Waals surface area contributed by atoms with Gasteiger partial charge in [0.05, 0.1) is 5.60 Å². The van der Waals surface area contributed by atoms with Gasteiger partial charge in [-0.15, -0.1) is 0 Å². The molecule has 4 N–H and O–H groups in total. The highest BCUT2D eigenvalue weighted by Crippen LogP contribution is 2.15. The average Bonchev–Trinajstić information content (AvgIpc) is 2.22. The second-order valence-corrected chi connectivity index (χ2v) is 5.28. The van der Waals surface area contributed by atoms with E-state index < -0.39 is 22.8 Å². The van der Waals surface area contributed by atoms with Gasteiger partial charge in [-0.3, -0.25) is 14.6 Å². The molecule has 7 nitrogen and oxygen atoms in total. The summed E-state index contributed by atoms with van der Waals surface area (Å²) in [6, 6.07) is 0.994. The number of H-pyrrole nitrogens is 2. The quantitative estimate of drug-likeness (QED) is 0.581. The number of rotatable bonds is 5. The third-order valence-electron chi connectivity index (χ3n) is 2.48. The van der Waals surface area contributed by atoms with Crippen molar-refractivity contribution >= 4 is 5.91 Å². The van der Waals surface area contributed by atoms with E-state index in [9.17, 15) is 19.5 Å². The summed E-state index contributed by atoms with van der Waals surface area (Å²) in [7, 11) is 0. The predicted molar refractivity (Wildman–Crippen MR) is 70.1 cm³/mol. The zero-order chi connectivity index (χ0) is 14.6. The van der Waals surface area contributed by atoms with E-state index >= 15 is 0 Å². The van der Waals surface area contributed by atoms with Crippen molar-refractivity contribution in [3.8, 4) is 0 Å². The predicted octanol–water partition coefficient (Wildman–Crippen LogP) is -0.410. The fourth-order valence-electron chi connectivity index (χ4n) is 1.91. The van der Waals surface area contributed by atoms with Gasteiger partial charge in [-0.1, -0.05) is 13.8 Å². The van der Waals surface area contributed by atoms with Gasteiger partial charge in [0.1, 0.15) is 5.69 Å². The first-order chi connectivity index (χ1) is 8.69. The topological polar surface area (TPSA) is 115 Å². The Kier molecular flexibility index (Phi) is 4.66. The number of aromatic amines is 2. The molecular weight excluding hydrogens is 250 g/mol. The number of nitrogens with one attached hydrogen (secondary N) is 3. The molecule has 0 aliphatic heterocycles. The SMILES string of the molecule is CC(C)CC(C)(O)CNC(=O)c1cc(=O)[nH]c(=O)[nH]1. The molecule has 1 amide bonds. The lowest BCUT2D eigenvalue weighted by atomic mass is 9.94. The Labute approximate surface area is 110 Å². The third kappa shape index (κ3) is 5.09. The molecule has 0 aliphatic rings. The molecule has 0 saturated carbocycles. The van der Waals surface area contributed by atoms with Crippen molar-refractivity contribution < 1.29 is 9.90 Å². The van der Waals surface area contributed by atoms with Gasteiger partial charge in [0.15, 0.2) is 0 Å². The molecule has 0 aromatic carbocycles. The van der Waals surface area contributed by atoms with E-state index in [-0.39, 0.29) is 18.2 Å². The number of amides is 1. The van der Waals surface area contributed by atoms with Crippen molar-refractivity contribution in [2.45, 2.75) is 32.8 Å². The van der Waals surface area contributed by atoms with Crippen molar-refractivity contribution in [1.29, 1.82) is 0 Å². The highest BCUT2D eigenvalue weighted by Gasteiger charge is 2.23. The highest BCUT2D eigenvalue weighted by molar-refractivity contribution is 5.92. The Hall–Kier alpha value is -1.89. The minimum absolute atomic E-state index is 0.0405. The summed E-state index contributed by atoms with van der Waals surface area (Å²) >= 11 is 0. The lowest BCUT2D eigenvalue weighted by Crippen LogP contribution is -2.42. The maximum Gasteiger partial charge on any atom is 0.326 e. The van der Waals surface area contributed by atoms with Crippen LogP contribution in [-0.4, -0.2) is 33.1 Å². The molecular formula is C12H19N3O4. The minimum atomic E-state index is -1.04. The van der Waals surface area contributed by atoms with Crippen LogP contribution < -0.4 is 16.6 Å². The van der Waals surface area contributed by atoms with Crippen molar-refractivity contribution in [2.75, 3.05) is 6.54 Å². The molecule has 1 rings (SSSR count). The summed E-state index contributed by atoms with van der Waals surface area (Å²) in [6.45, 7) is 5.59. The second kappa shape index (κ2) is 5.83. The van der Waals surface area contributed by atoms with Crippen LogP contribution >= 0.6 is 0 Å². The first kappa shape index (κ1) is 15.2. The zero-order valence-corrected chi connectivity index (χ0v) is 11.2. The molecule has 1 unspecified atom stereocenters. The number of hydrogen-bond acceptors (Lipinski definition) is 4. The van der Waals surface area contributed by atoms with Crippen molar-refractivity contribution in [3.63, 3.8) is 0 Å². The van der Waals surface area contributed by atoms with E-state index in [1.807, 2.05) is 18.8 Å². The molecule has 1 aromatic heterocycles. The maximum absolute atomic E-state index is 11.7. The number of aromatic nitrogens is 2. The van der Waals surface area contributed by atoms with Crippen molar-refractivity contribution in [3.05, 3.63) is 32.6 Å². The highest BCUT2D eigenvalue weighted by atomic mass is 16.3. The summed E-state index contributed by atoms with van der Waals surface area (Å²) in [6.07, 6.45) is 0.527. The van der Waals surface area contributed by atoms with Crippen LogP contribution in [0.25, 0.3) is 0 Å². The largest absolute Gasteiger partial charge is 0.388 e. The van der Waals surface area contributed by atoms with E-state index in [1.165, 1.54) is 0 Å². The van der Waals surface area contributed by atoms with Gasteiger partial charge in [-0.2, -0.15) is 0 Å². The van der Waals surface area contributed by atoms with Gasteiger partial charge < -0.3 is 15.4 Å². The van der Waals surface area contributed by atoms with Crippen molar-refractivity contribution in [2.24, 2.45) is 5.92 Å². The normalized spacial score (nSPS) is 14.2. The lowest BCUT2D eigenvalue weighted by Gasteiger charge is -2.25. The molecule has 19 heavy (non-hydrogen) atoms. The molecule has 7 heteroatoms. The molecule has 0 saturated heterocycles. The summed E-state index contributed by atoms with van der Waals surface area (Å²) < 4.78 is 0. The Morgan fingerprint density at radius 1 is 1.42 bits per heavy atom. The average molecular weight is 269 g/mol. The summed E-state index contributed by atoms with van der Waals surface area (Å²) in [5.41, 5.74) is -2.56. The van der Waals surface area contributed by atoms with Crippen LogP contribution in [-0.2, 0) is 0 Å². The molecule has 1 aromatic rings. The van der Waals surface area contributed by atoms with Crippen molar-refractivity contribution in [1.82, 2.24) is 15.3 Å². The van der Waals surface area contributed by atoms with Gasteiger partial charge in [-0.05, 0) is 19.3 Å². The zero-order valence-electron chi connectivity index (χ0n) is 11.2. The molecule has 0 bridgehead atoms. The monoisotopic (exact) mass is 269 g/mol. The van der Waals surface area contributed by atoms with E-state index in [0.29, 0.717) is 6.42 Å². The standard InChI is InChI=1S/C12H19N3O4/c1-7(2)5-12(3,19)6-13-10(17)8-4-9(16)15-11(18)14-8/h4,7,19H,5-6H2,1-3H3,(H,13,17)(H2,14,15,16,18). The number of aliphatic hydroxyl groups is 1. The van der Waals surface area contributed by atoms with E-state index in [4.69, 9.17) is 0 Å². The Balaban J connectivity index is 2.70. The van der Waals surface area contributed by atoms with Crippen LogP contribution in [0.2, 0.25) is 0 Å². The Morgan fingerprint density at radius 3 is 2.58 bits per heavy atom. The lowest BCUT2D eigenvalue weighted by molar-refractivity contribution is 0.0367. The van der Waals surface area contributed by atoms with E-state index in [2.05, 4.69) is 10.3 Å². The van der Waals surface area contributed by atoms with E-state index in [0.717, 1.165) is 6.07 Å². The number of hydrogen-bond donors (Lipinski definition) is 4. The first-order valence-electron chi connectivity index (χ1n) is 6.04. The third-order valence-corrected chi connectivity index (χ3v) is 2.48. The molecule has 1 atom stereocenters. The Morgan fingerprint density at radius 2 is 2.05 bits per heavy atom. The number of carbonyl (C=O) groups is 1. The molecule has 0 aliphatic carbocycles. The first-order valence-corrected chi connectivity index (χ1v) is 6.04. The van der Waals surface area contributed by atoms with Crippen LogP contribution in [0.3, 0.4) is 0 Å². The summed E-state index contributed by atoms with van der Waals surface area (Å²) in [5.74, 6) is -0.321. The molecule has 0 radical (unpaired) electrons. The second-order valence-electron chi connectivity index (χ2n) is 5.28. The summed E-state index contributed by atoms with van der Waals surface area (Å²) in [4.78, 5) is 38.0. The van der Waals surface area contributed by atoms with Gasteiger partial charge in [0.2, 0.25) is 0 Å². The van der Waals surface area contributed by atoms with Gasteiger partial charge in [0.25, 0.3) is 11.5 Å². The molecule has 0 spiro atoms. The van der Waals surface area contributed by atoms with Gasteiger partial charge >= 0.3 is 5.69 Å². The van der Waals surface area contributed by atoms with Crippen LogP contribution in [0.4, 0.5) is 0 Å². The van der Waals surface area contributed by atoms with Gasteiger partial charge in [0, 0.05) is 12.6 Å². The molecule has 1 heterocycles. The van der Waals surface area contributed by atoms with Crippen LogP contribution in [0, 0.1) is 5.92 Å². The Bertz CT molecular complexity index is 528. The van der Waals surface area contributed by atoms with E-state index in [1.54, 1.807) is 6.92 Å². The minimum Gasteiger partial charge on any atom is -0.388 e. The van der Waals surface area contributed by atoms with Crippen LogP contribution in [0.15, 0.2) is 15.7 Å².